The molecule has 0 aromatic rings. The third-order valence-corrected chi connectivity index (χ3v) is 3.03. The number of rotatable bonds is 3. The molecule has 0 heterocycles. The van der Waals surface area contributed by atoms with Crippen LogP contribution >= 0.6 is 11.6 Å². The molecule has 1 rings (SSSR count). The quantitative estimate of drug-likeness (QED) is 0.727. The van der Waals surface area contributed by atoms with Crippen molar-refractivity contribution in [2.24, 2.45) is 5.41 Å². The molecule has 1 fully saturated rings. The molecule has 1 aliphatic carbocycles. The van der Waals surface area contributed by atoms with Gasteiger partial charge in [0, 0.05) is 6.54 Å². The van der Waals surface area contributed by atoms with E-state index < -0.39 is 17.3 Å². The first kappa shape index (κ1) is 12.3. The molecule has 0 bridgehead atoms. The first-order valence-corrected chi connectivity index (χ1v) is 5.59. The highest BCUT2D eigenvalue weighted by Gasteiger charge is 2.31. The summed E-state index contributed by atoms with van der Waals surface area (Å²) >= 11 is 5.51. The van der Waals surface area contributed by atoms with Crippen LogP contribution in [0.25, 0.3) is 0 Å². The number of hydrogen-bond acceptors (Lipinski definition) is 2. The summed E-state index contributed by atoms with van der Waals surface area (Å²) in [6.45, 7) is 4.27. The smallest absolute Gasteiger partial charge is 0.321 e. The van der Waals surface area contributed by atoms with E-state index in [4.69, 9.17) is 11.6 Å². The second-order valence-electron chi connectivity index (χ2n) is 4.45. The van der Waals surface area contributed by atoms with Crippen molar-refractivity contribution in [3.63, 3.8) is 0 Å². The van der Waals surface area contributed by atoms with Gasteiger partial charge in [0.15, 0.2) is 0 Å². The summed E-state index contributed by atoms with van der Waals surface area (Å²) < 4.78 is 0. The highest BCUT2D eigenvalue weighted by atomic mass is 35.5. The molecular weight excluding hydrogens is 216 g/mol. The van der Waals surface area contributed by atoms with E-state index in [0.717, 1.165) is 12.8 Å². The zero-order valence-corrected chi connectivity index (χ0v) is 9.86. The number of imide groups is 1. The molecule has 0 saturated heterocycles. The van der Waals surface area contributed by atoms with Crippen molar-refractivity contribution in [2.45, 2.75) is 38.5 Å². The highest BCUT2D eigenvalue weighted by Crippen LogP contribution is 2.39. The molecule has 0 aliphatic heterocycles. The summed E-state index contributed by atoms with van der Waals surface area (Å²) in [5, 5.41) is 4.18. The molecule has 5 heteroatoms. The molecule has 15 heavy (non-hydrogen) atoms. The minimum Gasteiger partial charge on any atom is -0.337 e. The van der Waals surface area contributed by atoms with Crippen LogP contribution in [0, 0.1) is 5.41 Å². The van der Waals surface area contributed by atoms with Gasteiger partial charge in [0.25, 0.3) is 0 Å². The van der Waals surface area contributed by atoms with Gasteiger partial charge in [-0.3, -0.25) is 10.1 Å². The number of carbonyl (C=O) groups is 2. The maximum Gasteiger partial charge on any atom is 0.321 e. The summed E-state index contributed by atoms with van der Waals surface area (Å²) in [5.41, 5.74) is 0.215. The average Bonchev–Trinajstić information content (AvgIpc) is 2.11. The van der Waals surface area contributed by atoms with E-state index in [0.29, 0.717) is 6.54 Å². The van der Waals surface area contributed by atoms with Crippen LogP contribution < -0.4 is 10.6 Å². The monoisotopic (exact) mass is 232 g/mol. The van der Waals surface area contributed by atoms with Gasteiger partial charge in [-0.15, -0.1) is 11.6 Å². The standard InChI is InChI=1S/C10H17ClN2O2/c1-7(11)8(14)13-9(15)12-6-10(2)4-3-5-10/h7H,3-6H2,1-2H3,(H2,12,13,14,15). The third kappa shape index (κ3) is 3.70. The van der Waals surface area contributed by atoms with E-state index in [9.17, 15) is 9.59 Å². The average molecular weight is 233 g/mol. The van der Waals surface area contributed by atoms with Crippen molar-refractivity contribution in [1.82, 2.24) is 10.6 Å². The minimum atomic E-state index is -0.685. The van der Waals surface area contributed by atoms with Crippen LogP contribution in [-0.2, 0) is 4.79 Å². The zero-order valence-electron chi connectivity index (χ0n) is 9.10. The Hall–Kier alpha value is -0.770. The van der Waals surface area contributed by atoms with Gasteiger partial charge in [-0.05, 0) is 25.2 Å². The first-order chi connectivity index (χ1) is 6.93. The normalized spacial score (nSPS) is 19.9. The molecule has 1 aliphatic rings. The highest BCUT2D eigenvalue weighted by molar-refractivity contribution is 6.31. The largest absolute Gasteiger partial charge is 0.337 e. The molecular formula is C10H17ClN2O2. The number of halogens is 1. The summed E-state index contributed by atoms with van der Waals surface area (Å²) in [5.74, 6) is -0.465. The SMILES string of the molecule is CC(Cl)C(=O)NC(=O)NCC1(C)CCC1. The first-order valence-electron chi connectivity index (χ1n) is 5.16. The van der Waals surface area contributed by atoms with E-state index >= 15 is 0 Å². The Morgan fingerprint density at radius 2 is 2.07 bits per heavy atom. The Morgan fingerprint density at radius 1 is 1.47 bits per heavy atom. The van der Waals surface area contributed by atoms with Gasteiger partial charge in [-0.1, -0.05) is 13.3 Å². The zero-order chi connectivity index (χ0) is 11.5. The Bertz CT molecular complexity index is 262. The number of amides is 3. The summed E-state index contributed by atoms with van der Waals surface area (Å²) in [7, 11) is 0. The fourth-order valence-corrected chi connectivity index (χ4v) is 1.56. The lowest BCUT2D eigenvalue weighted by Crippen LogP contribution is -2.47. The maximum absolute atomic E-state index is 11.2. The molecule has 86 valence electrons. The molecule has 0 aromatic carbocycles. The molecule has 2 N–H and O–H groups in total. The second-order valence-corrected chi connectivity index (χ2v) is 5.11. The van der Waals surface area contributed by atoms with Gasteiger partial charge in [0.2, 0.25) is 5.91 Å². The van der Waals surface area contributed by atoms with Gasteiger partial charge < -0.3 is 5.32 Å². The molecule has 4 nitrogen and oxygen atoms in total. The molecule has 1 saturated carbocycles. The van der Waals surface area contributed by atoms with Gasteiger partial charge >= 0.3 is 6.03 Å². The Morgan fingerprint density at radius 3 is 2.47 bits per heavy atom. The predicted octanol–water partition coefficient (Wildman–Crippen LogP) is 1.63. The van der Waals surface area contributed by atoms with Crippen LogP contribution in [0.2, 0.25) is 0 Å². The maximum atomic E-state index is 11.2. The van der Waals surface area contributed by atoms with Crippen molar-refractivity contribution in [1.29, 1.82) is 0 Å². The van der Waals surface area contributed by atoms with Crippen LogP contribution in [0.4, 0.5) is 4.79 Å². The van der Waals surface area contributed by atoms with Crippen molar-refractivity contribution in [2.75, 3.05) is 6.54 Å². The number of carbonyl (C=O) groups excluding carboxylic acids is 2. The Labute approximate surface area is 94.7 Å². The van der Waals surface area contributed by atoms with Crippen molar-refractivity contribution in [3.05, 3.63) is 0 Å². The van der Waals surface area contributed by atoms with E-state index in [2.05, 4.69) is 17.6 Å². The van der Waals surface area contributed by atoms with Crippen LogP contribution in [0.1, 0.15) is 33.1 Å². The molecule has 0 radical (unpaired) electrons. The van der Waals surface area contributed by atoms with Crippen molar-refractivity contribution in [3.8, 4) is 0 Å². The molecule has 1 unspecified atom stereocenters. The summed E-state index contributed by atoms with van der Waals surface area (Å²) in [6.07, 6.45) is 3.48. The fraction of sp³-hybridized carbons (Fsp3) is 0.800. The fourth-order valence-electron chi connectivity index (χ4n) is 1.51. The number of urea groups is 1. The van der Waals surface area contributed by atoms with Gasteiger partial charge in [0.05, 0.1) is 0 Å². The van der Waals surface area contributed by atoms with Crippen molar-refractivity contribution < 1.29 is 9.59 Å². The van der Waals surface area contributed by atoms with Crippen LogP contribution in [0.3, 0.4) is 0 Å². The lowest BCUT2D eigenvalue weighted by Gasteiger charge is -2.38. The van der Waals surface area contributed by atoms with Crippen LogP contribution in [-0.4, -0.2) is 23.9 Å². The Balaban J connectivity index is 2.21. The summed E-state index contributed by atoms with van der Waals surface area (Å²) in [4.78, 5) is 22.3. The lowest BCUT2D eigenvalue weighted by molar-refractivity contribution is -0.119. The third-order valence-electron chi connectivity index (χ3n) is 2.83. The van der Waals surface area contributed by atoms with Gasteiger partial charge in [-0.2, -0.15) is 0 Å². The molecule has 3 amide bonds. The molecule has 0 aromatic heterocycles. The lowest BCUT2D eigenvalue weighted by atomic mass is 9.70. The predicted molar refractivity (Wildman–Crippen MR) is 58.8 cm³/mol. The second kappa shape index (κ2) is 4.84. The number of nitrogens with one attached hydrogen (secondary N) is 2. The Kier molecular flexibility index (Phi) is 3.97. The van der Waals surface area contributed by atoms with E-state index in [-0.39, 0.29) is 5.41 Å². The topological polar surface area (TPSA) is 58.2 Å². The van der Waals surface area contributed by atoms with Crippen LogP contribution in [0.5, 0.6) is 0 Å². The minimum absolute atomic E-state index is 0.215. The van der Waals surface area contributed by atoms with E-state index in [1.165, 1.54) is 13.3 Å². The number of hydrogen-bond donors (Lipinski definition) is 2. The van der Waals surface area contributed by atoms with E-state index in [1.54, 1.807) is 0 Å². The molecule has 1 atom stereocenters. The van der Waals surface area contributed by atoms with E-state index in [1.807, 2.05) is 0 Å². The van der Waals surface area contributed by atoms with Crippen LogP contribution in [0.15, 0.2) is 0 Å². The van der Waals surface area contributed by atoms with Crippen molar-refractivity contribution >= 4 is 23.5 Å². The number of alkyl halides is 1. The van der Waals surface area contributed by atoms with Gasteiger partial charge in [-0.25, -0.2) is 4.79 Å². The summed E-state index contributed by atoms with van der Waals surface area (Å²) in [6, 6.07) is -0.458. The molecule has 0 spiro atoms. The van der Waals surface area contributed by atoms with Gasteiger partial charge in [0.1, 0.15) is 5.38 Å².